The lowest BCUT2D eigenvalue weighted by atomic mass is 10.2. The van der Waals surface area contributed by atoms with Gasteiger partial charge in [-0.05, 0) is 43.0 Å². The van der Waals surface area contributed by atoms with E-state index in [1.807, 2.05) is 0 Å². The summed E-state index contributed by atoms with van der Waals surface area (Å²) in [6, 6.07) is 3.63. The van der Waals surface area contributed by atoms with Crippen molar-refractivity contribution in [3.05, 3.63) is 29.6 Å². The Hall–Kier alpha value is -0.980. The maximum atomic E-state index is 13.0. The molecular weight excluding hydrogens is 281 g/mol. The molecule has 1 aromatic rings. The largest absolute Gasteiger partial charge is 0.381 e. The molecule has 0 radical (unpaired) electrons. The summed E-state index contributed by atoms with van der Waals surface area (Å²) in [6.45, 7) is 7.17. The fourth-order valence-electron chi connectivity index (χ4n) is 1.69. The van der Waals surface area contributed by atoms with Crippen LogP contribution in [0.25, 0.3) is 0 Å². The molecule has 0 heterocycles. The van der Waals surface area contributed by atoms with Crippen molar-refractivity contribution in [2.24, 2.45) is 5.92 Å². The zero-order valence-corrected chi connectivity index (χ0v) is 13.0. The van der Waals surface area contributed by atoms with Gasteiger partial charge in [0.15, 0.2) is 0 Å². The van der Waals surface area contributed by atoms with Gasteiger partial charge < -0.3 is 4.74 Å². The summed E-state index contributed by atoms with van der Waals surface area (Å²) in [5.41, 5.74) is 0.397. The van der Waals surface area contributed by atoms with E-state index in [4.69, 9.17) is 4.74 Å². The van der Waals surface area contributed by atoms with Gasteiger partial charge in [0, 0.05) is 19.8 Å². The Morgan fingerprint density at radius 2 is 2.05 bits per heavy atom. The molecule has 4 nitrogen and oxygen atoms in total. The van der Waals surface area contributed by atoms with Crippen LogP contribution in [-0.4, -0.2) is 28.2 Å². The molecule has 0 amide bonds. The molecule has 20 heavy (non-hydrogen) atoms. The van der Waals surface area contributed by atoms with Gasteiger partial charge >= 0.3 is 0 Å². The second kappa shape index (κ2) is 7.71. The predicted molar refractivity (Wildman–Crippen MR) is 76.6 cm³/mol. The Balaban J connectivity index is 2.46. The highest BCUT2D eigenvalue weighted by atomic mass is 32.2. The second-order valence-corrected chi connectivity index (χ2v) is 6.87. The van der Waals surface area contributed by atoms with E-state index < -0.39 is 15.8 Å². The predicted octanol–water partition coefficient (Wildman–Crippen LogP) is 2.48. The summed E-state index contributed by atoms with van der Waals surface area (Å²) >= 11 is 0. The smallest absolute Gasteiger partial charge is 0.240 e. The molecular formula is C14H22FNO3S. The van der Waals surface area contributed by atoms with Crippen LogP contribution in [0.4, 0.5) is 4.39 Å². The Morgan fingerprint density at radius 3 is 2.65 bits per heavy atom. The number of ether oxygens (including phenoxy) is 1. The van der Waals surface area contributed by atoms with E-state index in [0.717, 1.165) is 6.07 Å². The van der Waals surface area contributed by atoms with Gasteiger partial charge in [-0.15, -0.1) is 0 Å². The first-order valence-corrected chi connectivity index (χ1v) is 8.15. The van der Waals surface area contributed by atoms with Crippen LogP contribution in [0.2, 0.25) is 0 Å². The summed E-state index contributed by atoms with van der Waals surface area (Å²) in [6.07, 6.45) is 0.603. The molecule has 1 aromatic carbocycles. The van der Waals surface area contributed by atoms with Crippen molar-refractivity contribution in [2.75, 3.05) is 19.8 Å². The van der Waals surface area contributed by atoms with Gasteiger partial charge in [0.05, 0.1) is 4.90 Å². The summed E-state index contributed by atoms with van der Waals surface area (Å²) in [5.74, 6) is 0.0251. The van der Waals surface area contributed by atoms with Crippen molar-refractivity contribution >= 4 is 10.0 Å². The second-order valence-electron chi connectivity index (χ2n) is 5.13. The van der Waals surface area contributed by atoms with Crippen LogP contribution < -0.4 is 4.72 Å². The average Bonchev–Trinajstić information content (AvgIpc) is 2.32. The number of halogens is 1. The Kier molecular flexibility index (Phi) is 6.58. The minimum Gasteiger partial charge on any atom is -0.381 e. The van der Waals surface area contributed by atoms with Crippen LogP contribution in [0.1, 0.15) is 25.8 Å². The first-order valence-electron chi connectivity index (χ1n) is 6.66. The first kappa shape index (κ1) is 17.1. The number of hydrogen-bond donors (Lipinski definition) is 1. The SMILES string of the molecule is Cc1cc(F)ccc1S(=O)(=O)NCCCOCC(C)C. The van der Waals surface area contributed by atoms with E-state index in [2.05, 4.69) is 18.6 Å². The van der Waals surface area contributed by atoms with Gasteiger partial charge in [-0.1, -0.05) is 13.8 Å². The number of benzene rings is 1. The minimum atomic E-state index is -3.58. The summed E-state index contributed by atoms with van der Waals surface area (Å²) in [4.78, 5) is 0.113. The van der Waals surface area contributed by atoms with E-state index in [1.165, 1.54) is 12.1 Å². The zero-order chi connectivity index (χ0) is 15.2. The minimum absolute atomic E-state index is 0.113. The van der Waals surface area contributed by atoms with Gasteiger partial charge in [0.2, 0.25) is 10.0 Å². The number of hydrogen-bond acceptors (Lipinski definition) is 3. The van der Waals surface area contributed by atoms with Gasteiger partial charge in [-0.2, -0.15) is 0 Å². The van der Waals surface area contributed by atoms with Crippen LogP contribution in [0.3, 0.4) is 0 Å². The lowest BCUT2D eigenvalue weighted by Crippen LogP contribution is -2.26. The maximum Gasteiger partial charge on any atom is 0.240 e. The molecule has 0 aliphatic heterocycles. The molecule has 6 heteroatoms. The van der Waals surface area contributed by atoms with Gasteiger partial charge in [0.1, 0.15) is 5.82 Å². The van der Waals surface area contributed by atoms with Gasteiger partial charge in [0.25, 0.3) is 0 Å². The molecule has 0 bridgehead atoms. The van der Waals surface area contributed by atoms with E-state index in [9.17, 15) is 12.8 Å². The number of nitrogens with one attached hydrogen (secondary N) is 1. The molecule has 0 atom stereocenters. The van der Waals surface area contributed by atoms with E-state index in [-0.39, 0.29) is 4.90 Å². The molecule has 114 valence electrons. The highest BCUT2D eigenvalue weighted by Gasteiger charge is 2.16. The van der Waals surface area contributed by atoms with Crippen LogP contribution in [-0.2, 0) is 14.8 Å². The van der Waals surface area contributed by atoms with Crippen molar-refractivity contribution in [1.29, 1.82) is 0 Å². The number of aryl methyl sites for hydroxylation is 1. The highest BCUT2D eigenvalue weighted by molar-refractivity contribution is 7.89. The lowest BCUT2D eigenvalue weighted by Gasteiger charge is -2.10. The van der Waals surface area contributed by atoms with Crippen molar-refractivity contribution in [1.82, 2.24) is 4.72 Å². The number of rotatable bonds is 8. The van der Waals surface area contributed by atoms with Crippen LogP contribution in [0.5, 0.6) is 0 Å². The fraction of sp³-hybridized carbons (Fsp3) is 0.571. The molecule has 1 N–H and O–H groups in total. The Morgan fingerprint density at radius 1 is 1.35 bits per heavy atom. The zero-order valence-electron chi connectivity index (χ0n) is 12.1. The van der Waals surface area contributed by atoms with Crippen molar-refractivity contribution in [2.45, 2.75) is 32.1 Å². The molecule has 0 unspecified atom stereocenters. The molecule has 0 fully saturated rings. The molecule has 0 spiro atoms. The van der Waals surface area contributed by atoms with Crippen molar-refractivity contribution < 1.29 is 17.5 Å². The van der Waals surface area contributed by atoms with E-state index in [0.29, 0.717) is 37.7 Å². The van der Waals surface area contributed by atoms with Crippen molar-refractivity contribution in [3.8, 4) is 0 Å². The molecule has 0 saturated carbocycles. The van der Waals surface area contributed by atoms with Crippen molar-refractivity contribution in [3.63, 3.8) is 0 Å². The number of sulfonamides is 1. The Labute approximate surface area is 120 Å². The quantitative estimate of drug-likeness (QED) is 0.751. The molecule has 0 aliphatic carbocycles. The Bertz CT molecular complexity index is 529. The lowest BCUT2D eigenvalue weighted by molar-refractivity contribution is 0.108. The third-order valence-corrected chi connectivity index (χ3v) is 4.26. The summed E-state index contributed by atoms with van der Waals surface area (Å²) in [5, 5.41) is 0. The third-order valence-electron chi connectivity index (χ3n) is 2.64. The normalized spacial score (nSPS) is 12.1. The first-order chi connectivity index (χ1) is 9.33. The van der Waals surface area contributed by atoms with Crippen LogP contribution in [0.15, 0.2) is 23.1 Å². The summed E-state index contributed by atoms with van der Waals surface area (Å²) in [7, 11) is -3.58. The molecule has 0 aliphatic rings. The molecule has 0 saturated heterocycles. The molecule has 1 rings (SSSR count). The summed E-state index contributed by atoms with van der Waals surface area (Å²) < 4.78 is 44.9. The standard InChI is InChI=1S/C14H22FNO3S/c1-11(2)10-19-8-4-7-16-20(17,18)14-6-5-13(15)9-12(14)3/h5-6,9,11,16H,4,7-8,10H2,1-3H3. The highest BCUT2D eigenvalue weighted by Crippen LogP contribution is 2.15. The average molecular weight is 303 g/mol. The maximum absolute atomic E-state index is 13.0. The van der Waals surface area contributed by atoms with Gasteiger partial charge in [-0.3, -0.25) is 0 Å². The monoisotopic (exact) mass is 303 g/mol. The van der Waals surface area contributed by atoms with Gasteiger partial charge in [-0.25, -0.2) is 17.5 Å². The van der Waals surface area contributed by atoms with Crippen LogP contribution >= 0.6 is 0 Å². The fourth-order valence-corrected chi connectivity index (χ4v) is 2.99. The topological polar surface area (TPSA) is 55.4 Å². The third kappa shape index (κ3) is 5.56. The molecule has 0 aromatic heterocycles. The van der Waals surface area contributed by atoms with E-state index in [1.54, 1.807) is 6.92 Å². The van der Waals surface area contributed by atoms with Crippen LogP contribution in [0, 0.1) is 18.7 Å². The van der Waals surface area contributed by atoms with E-state index >= 15 is 0 Å².